The van der Waals surface area contributed by atoms with Crippen molar-refractivity contribution in [2.24, 2.45) is 0 Å². The molecule has 17 heavy (non-hydrogen) atoms. The molecule has 0 saturated carbocycles. The summed E-state index contributed by atoms with van der Waals surface area (Å²) in [5.41, 5.74) is 6.65. The molecule has 0 radical (unpaired) electrons. The molecule has 0 fully saturated rings. The molecule has 2 heterocycles. The molecule has 0 aliphatic rings. The van der Waals surface area contributed by atoms with Crippen molar-refractivity contribution in [3.05, 3.63) is 39.2 Å². The minimum atomic E-state index is 0.498. The summed E-state index contributed by atoms with van der Waals surface area (Å²) >= 11 is 6.62. The molecule has 0 unspecified atom stereocenters. The Kier molecular flexibility index (Phi) is 3.90. The Bertz CT molecular complexity index is 515. The molecule has 7 heteroatoms. The third-order valence-corrected chi connectivity index (χ3v) is 2.87. The lowest BCUT2D eigenvalue weighted by atomic mass is 10.2. The van der Waals surface area contributed by atoms with E-state index in [2.05, 4.69) is 52.1 Å². The molecule has 3 N–H and O–H groups in total. The minimum absolute atomic E-state index is 0.498. The lowest BCUT2D eigenvalue weighted by Gasteiger charge is -2.07. The first-order chi connectivity index (χ1) is 8.15. The highest BCUT2D eigenvalue weighted by molar-refractivity contribution is 9.10. The molecule has 0 atom stereocenters. The second-order valence-electron chi connectivity index (χ2n) is 3.28. The standard InChI is InChI=1S/C10H9Br2N5/c11-7-1-6(9(13)14-3-7)2-15-10-16-4-8(12)5-17-10/h1,3-5H,2H2,(H2,13,14)(H,15,16,17). The van der Waals surface area contributed by atoms with E-state index in [1.165, 1.54) is 0 Å². The van der Waals surface area contributed by atoms with Gasteiger partial charge in [-0.25, -0.2) is 15.0 Å². The predicted molar refractivity (Wildman–Crippen MR) is 73.4 cm³/mol. The molecule has 5 nitrogen and oxygen atoms in total. The van der Waals surface area contributed by atoms with Gasteiger partial charge in [0, 0.05) is 35.2 Å². The zero-order valence-corrected chi connectivity index (χ0v) is 11.9. The number of rotatable bonds is 3. The highest BCUT2D eigenvalue weighted by Gasteiger charge is 2.02. The van der Waals surface area contributed by atoms with Crippen molar-refractivity contribution in [2.75, 3.05) is 11.1 Å². The fourth-order valence-corrected chi connectivity index (χ4v) is 1.79. The zero-order valence-electron chi connectivity index (χ0n) is 8.69. The van der Waals surface area contributed by atoms with E-state index in [0.717, 1.165) is 14.5 Å². The third-order valence-electron chi connectivity index (χ3n) is 2.03. The maximum absolute atomic E-state index is 5.76. The van der Waals surface area contributed by atoms with Gasteiger partial charge in [0.2, 0.25) is 5.95 Å². The normalized spacial score (nSPS) is 10.2. The number of nitrogen functional groups attached to an aromatic ring is 1. The number of pyridine rings is 1. The SMILES string of the molecule is Nc1ncc(Br)cc1CNc1ncc(Br)cn1. The summed E-state index contributed by atoms with van der Waals surface area (Å²) in [6, 6.07) is 1.91. The van der Waals surface area contributed by atoms with Gasteiger partial charge in [-0.2, -0.15) is 0 Å². The van der Waals surface area contributed by atoms with Crippen LogP contribution in [0, 0.1) is 0 Å². The van der Waals surface area contributed by atoms with Crippen LogP contribution in [0.4, 0.5) is 11.8 Å². The molecule has 0 amide bonds. The van der Waals surface area contributed by atoms with Crippen LogP contribution in [0.25, 0.3) is 0 Å². The molecule has 0 aromatic carbocycles. The highest BCUT2D eigenvalue weighted by atomic mass is 79.9. The van der Waals surface area contributed by atoms with Crippen molar-refractivity contribution in [2.45, 2.75) is 6.54 Å². The van der Waals surface area contributed by atoms with Crippen LogP contribution in [0.5, 0.6) is 0 Å². The van der Waals surface area contributed by atoms with Gasteiger partial charge < -0.3 is 11.1 Å². The van der Waals surface area contributed by atoms with Gasteiger partial charge in [0.15, 0.2) is 0 Å². The first kappa shape index (κ1) is 12.3. The monoisotopic (exact) mass is 357 g/mol. The molecule has 2 aromatic rings. The molecule has 0 bridgehead atoms. The molecule has 0 aliphatic carbocycles. The van der Waals surface area contributed by atoms with Crippen LogP contribution in [-0.2, 0) is 6.54 Å². The number of hydrogen-bond acceptors (Lipinski definition) is 5. The van der Waals surface area contributed by atoms with Gasteiger partial charge in [-0.05, 0) is 37.9 Å². The maximum atomic E-state index is 5.76. The maximum Gasteiger partial charge on any atom is 0.222 e. The molecule has 0 spiro atoms. The largest absolute Gasteiger partial charge is 0.383 e. The number of halogens is 2. The van der Waals surface area contributed by atoms with Crippen LogP contribution < -0.4 is 11.1 Å². The molecular formula is C10H9Br2N5. The average Bonchev–Trinajstić information content (AvgIpc) is 2.32. The Morgan fingerprint density at radius 2 is 1.71 bits per heavy atom. The fourth-order valence-electron chi connectivity index (χ4n) is 1.21. The Hall–Kier alpha value is -1.21. The van der Waals surface area contributed by atoms with Crippen LogP contribution in [0.3, 0.4) is 0 Å². The first-order valence-electron chi connectivity index (χ1n) is 4.76. The second kappa shape index (κ2) is 5.42. The van der Waals surface area contributed by atoms with Crippen molar-refractivity contribution in [1.29, 1.82) is 0 Å². The number of nitrogens with two attached hydrogens (primary N) is 1. The summed E-state index contributed by atoms with van der Waals surface area (Å²) in [4.78, 5) is 12.3. The van der Waals surface area contributed by atoms with Gasteiger partial charge in [-0.3, -0.25) is 0 Å². The van der Waals surface area contributed by atoms with Gasteiger partial charge in [0.25, 0.3) is 0 Å². The lowest BCUT2D eigenvalue weighted by molar-refractivity contribution is 1.04. The Labute approximate surface area is 115 Å². The summed E-state index contributed by atoms with van der Waals surface area (Å²) < 4.78 is 1.73. The van der Waals surface area contributed by atoms with Crippen molar-refractivity contribution >= 4 is 43.6 Å². The second-order valence-corrected chi connectivity index (χ2v) is 5.11. The van der Waals surface area contributed by atoms with E-state index < -0.39 is 0 Å². The van der Waals surface area contributed by atoms with Crippen molar-refractivity contribution in [3.8, 4) is 0 Å². The van der Waals surface area contributed by atoms with Crippen molar-refractivity contribution in [3.63, 3.8) is 0 Å². The quantitative estimate of drug-likeness (QED) is 0.881. The van der Waals surface area contributed by atoms with E-state index in [0.29, 0.717) is 18.3 Å². The van der Waals surface area contributed by atoms with Crippen LogP contribution >= 0.6 is 31.9 Å². The van der Waals surface area contributed by atoms with Gasteiger partial charge >= 0.3 is 0 Å². The molecule has 0 aliphatic heterocycles. The smallest absolute Gasteiger partial charge is 0.222 e. The summed E-state index contributed by atoms with van der Waals surface area (Å²) in [5, 5.41) is 3.07. The number of aromatic nitrogens is 3. The molecule has 2 aromatic heterocycles. The van der Waals surface area contributed by atoms with Crippen LogP contribution in [0.1, 0.15) is 5.56 Å². The van der Waals surface area contributed by atoms with Crippen molar-refractivity contribution < 1.29 is 0 Å². The Balaban J connectivity index is 2.07. The van der Waals surface area contributed by atoms with E-state index in [1.54, 1.807) is 18.6 Å². The number of anilines is 2. The number of hydrogen-bond donors (Lipinski definition) is 2. The lowest BCUT2D eigenvalue weighted by Crippen LogP contribution is -2.06. The van der Waals surface area contributed by atoms with Gasteiger partial charge in [-0.15, -0.1) is 0 Å². The van der Waals surface area contributed by atoms with E-state index in [1.807, 2.05) is 6.07 Å². The summed E-state index contributed by atoms with van der Waals surface area (Å²) in [6.45, 7) is 0.528. The van der Waals surface area contributed by atoms with Gasteiger partial charge in [0.05, 0.1) is 4.47 Å². The molecule has 88 valence electrons. The van der Waals surface area contributed by atoms with Crippen LogP contribution in [-0.4, -0.2) is 15.0 Å². The van der Waals surface area contributed by atoms with Gasteiger partial charge in [0.1, 0.15) is 5.82 Å². The topological polar surface area (TPSA) is 76.7 Å². The Morgan fingerprint density at radius 3 is 2.41 bits per heavy atom. The third kappa shape index (κ3) is 3.37. The van der Waals surface area contributed by atoms with E-state index in [9.17, 15) is 0 Å². The highest BCUT2D eigenvalue weighted by Crippen LogP contribution is 2.16. The zero-order chi connectivity index (χ0) is 12.3. The van der Waals surface area contributed by atoms with E-state index in [4.69, 9.17) is 5.73 Å². The summed E-state index contributed by atoms with van der Waals surface area (Å²) in [6.07, 6.45) is 5.02. The average molecular weight is 359 g/mol. The summed E-state index contributed by atoms with van der Waals surface area (Å²) in [7, 11) is 0. The summed E-state index contributed by atoms with van der Waals surface area (Å²) in [5.74, 6) is 1.05. The minimum Gasteiger partial charge on any atom is -0.383 e. The van der Waals surface area contributed by atoms with Crippen LogP contribution in [0.2, 0.25) is 0 Å². The number of nitrogens with zero attached hydrogens (tertiary/aromatic N) is 3. The van der Waals surface area contributed by atoms with E-state index >= 15 is 0 Å². The molecule has 2 rings (SSSR count). The first-order valence-corrected chi connectivity index (χ1v) is 6.35. The number of nitrogens with one attached hydrogen (secondary N) is 1. The Morgan fingerprint density at radius 1 is 1.06 bits per heavy atom. The van der Waals surface area contributed by atoms with Crippen molar-refractivity contribution in [1.82, 2.24) is 15.0 Å². The van der Waals surface area contributed by atoms with Gasteiger partial charge in [-0.1, -0.05) is 0 Å². The molecular weight excluding hydrogens is 350 g/mol. The fraction of sp³-hybridized carbons (Fsp3) is 0.100. The molecule has 0 saturated heterocycles. The predicted octanol–water partition coefficient (Wildman–Crippen LogP) is 2.59. The van der Waals surface area contributed by atoms with Crippen LogP contribution in [0.15, 0.2) is 33.6 Å². The van der Waals surface area contributed by atoms with E-state index in [-0.39, 0.29) is 0 Å².